The van der Waals surface area contributed by atoms with Crippen molar-refractivity contribution in [3.05, 3.63) is 70.5 Å². The van der Waals surface area contributed by atoms with Gasteiger partial charge in [0.15, 0.2) is 0 Å². The quantitative estimate of drug-likeness (QED) is 0.886. The number of aromatic carboxylic acids is 1. The van der Waals surface area contributed by atoms with Gasteiger partial charge in [0.05, 0.1) is 5.56 Å². The number of aryl methyl sites for hydroxylation is 1. The number of carboxylic acids is 1. The standard InChI is InChI=1S/C18H15FO2/c19-16-10-2-1-5-13(16)11-14-8-3-6-12-7-4-9-15(17(12)14)18(20)21/h1-2,4-5,7,9-11H,3,6,8H2,(H,20,21)/b14-11+. The maximum absolute atomic E-state index is 13.8. The second kappa shape index (κ2) is 5.52. The lowest BCUT2D eigenvalue weighted by Crippen LogP contribution is -2.09. The van der Waals surface area contributed by atoms with Crippen LogP contribution in [0.15, 0.2) is 42.5 Å². The fourth-order valence-electron chi connectivity index (χ4n) is 2.88. The summed E-state index contributed by atoms with van der Waals surface area (Å²) >= 11 is 0. The van der Waals surface area contributed by atoms with Crippen LogP contribution in [-0.2, 0) is 6.42 Å². The molecule has 0 saturated heterocycles. The van der Waals surface area contributed by atoms with E-state index in [-0.39, 0.29) is 5.82 Å². The molecule has 0 aromatic heterocycles. The predicted octanol–water partition coefficient (Wildman–Crippen LogP) is 4.40. The van der Waals surface area contributed by atoms with E-state index < -0.39 is 5.97 Å². The van der Waals surface area contributed by atoms with Gasteiger partial charge in [0.1, 0.15) is 5.82 Å². The van der Waals surface area contributed by atoms with Gasteiger partial charge in [-0.1, -0.05) is 30.3 Å². The highest BCUT2D eigenvalue weighted by Crippen LogP contribution is 2.35. The van der Waals surface area contributed by atoms with E-state index in [9.17, 15) is 14.3 Å². The summed E-state index contributed by atoms with van der Waals surface area (Å²) in [5, 5.41) is 9.38. The van der Waals surface area contributed by atoms with Crippen LogP contribution in [0.2, 0.25) is 0 Å². The van der Waals surface area contributed by atoms with E-state index in [4.69, 9.17) is 0 Å². The molecule has 3 rings (SSSR count). The van der Waals surface area contributed by atoms with Crippen molar-refractivity contribution in [2.75, 3.05) is 0 Å². The Morgan fingerprint density at radius 3 is 2.67 bits per heavy atom. The largest absolute Gasteiger partial charge is 0.478 e. The molecular formula is C18H15FO2. The fourth-order valence-corrected chi connectivity index (χ4v) is 2.88. The fraction of sp³-hybridized carbons (Fsp3) is 0.167. The smallest absolute Gasteiger partial charge is 0.336 e. The summed E-state index contributed by atoms with van der Waals surface area (Å²) < 4.78 is 13.8. The van der Waals surface area contributed by atoms with Crippen LogP contribution in [0.3, 0.4) is 0 Å². The minimum atomic E-state index is -0.937. The molecule has 0 aliphatic heterocycles. The van der Waals surface area contributed by atoms with Gasteiger partial charge in [-0.25, -0.2) is 9.18 Å². The van der Waals surface area contributed by atoms with Crippen molar-refractivity contribution in [3.63, 3.8) is 0 Å². The number of hydrogen-bond donors (Lipinski definition) is 1. The summed E-state index contributed by atoms with van der Waals surface area (Å²) in [6, 6.07) is 11.9. The number of carbonyl (C=O) groups is 1. The molecule has 0 bridgehead atoms. The molecule has 106 valence electrons. The highest BCUT2D eigenvalue weighted by Gasteiger charge is 2.21. The molecule has 0 amide bonds. The van der Waals surface area contributed by atoms with E-state index >= 15 is 0 Å². The number of halogens is 1. The Labute approximate surface area is 122 Å². The van der Waals surface area contributed by atoms with Gasteiger partial charge in [0.2, 0.25) is 0 Å². The first kappa shape index (κ1) is 13.6. The van der Waals surface area contributed by atoms with Crippen molar-refractivity contribution < 1.29 is 14.3 Å². The van der Waals surface area contributed by atoms with Gasteiger partial charge in [-0.05, 0) is 54.2 Å². The Bertz CT molecular complexity index is 732. The van der Waals surface area contributed by atoms with Gasteiger partial charge in [-0.3, -0.25) is 0 Å². The molecule has 0 unspecified atom stereocenters. The van der Waals surface area contributed by atoms with Gasteiger partial charge >= 0.3 is 5.97 Å². The van der Waals surface area contributed by atoms with Crippen molar-refractivity contribution in [1.29, 1.82) is 0 Å². The molecule has 0 fully saturated rings. The number of allylic oxidation sites excluding steroid dienone is 1. The molecular weight excluding hydrogens is 267 g/mol. The topological polar surface area (TPSA) is 37.3 Å². The van der Waals surface area contributed by atoms with Gasteiger partial charge in [0.25, 0.3) is 0 Å². The molecule has 2 aromatic carbocycles. The predicted molar refractivity (Wildman–Crippen MR) is 80.6 cm³/mol. The number of benzene rings is 2. The molecule has 1 N–H and O–H groups in total. The van der Waals surface area contributed by atoms with Crippen LogP contribution in [0.1, 0.15) is 39.9 Å². The van der Waals surface area contributed by atoms with Crippen LogP contribution >= 0.6 is 0 Å². The second-order valence-corrected chi connectivity index (χ2v) is 5.19. The molecule has 21 heavy (non-hydrogen) atoms. The summed E-state index contributed by atoms with van der Waals surface area (Å²) in [6.07, 6.45) is 4.37. The zero-order valence-electron chi connectivity index (χ0n) is 11.5. The summed E-state index contributed by atoms with van der Waals surface area (Å²) in [5.74, 6) is -1.22. The maximum atomic E-state index is 13.8. The van der Waals surface area contributed by atoms with Crippen molar-refractivity contribution in [2.45, 2.75) is 19.3 Å². The van der Waals surface area contributed by atoms with Gasteiger partial charge < -0.3 is 5.11 Å². The van der Waals surface area contributed by atoms with Crippen LogP contribution in [-0.4, -0.2) is 11.1 Å². The molecule has 3 heteroatoms. The lowest BCUT2D eigenvalue weighted by atomic mass is 9.83. The van der Waals surface area contributed by atoms with Gasteiger partial charge in [-0.2, -0.15) is 0 Å². The van der Waals surface area contributed by atoms with Crippen molar-refractivity contribution >= 4 is 17.6 Å². The van der Waals surface area contributed by atoms with E-state index in [1.807, 2.05) is 6.07 Å². The molecule has 0 heterocycles. The lowest BCUT2D eigenvalue weighted by molar-refractivity contribution is 0.0696. The van der Waals surface area contributed by atoms with Crippen molar-refractivity contribution in [2.24, 2.45) is 0 Å². The average Bonchev–Trinajstić information content (AvgIpc) is 2.49. The average molecular weight is 282 g/mol. The first-order chi connectivity index (χ1) is 10.2. The van der Waals surface area contributed by atoms with E-state index in [2.05, 4.69) is 0 Å². The zero-order valence-corrected chi connectivity index (χ0v) is 11.5. The third-order valence-corrected chi connectivity index (χ3v) is 3.83. The highest BCUT2D eigenvalue weighted by molar-refractivity contribution is 5.98. The third kappa shape index (κ3) is 2.59. The number of fused-ring (bicyclic) bond motifs is 1. The zero-order chi connectivity index (χ0) is 14.8. The maximum Gasteiger partial charge on any atom is 0.336 e. The Morgan fingerprint density at radius 2 is 1.90 bits per heavy atom. The Kier molecular flexibility index (Phi) is 3.57. The molecule has 1 aliphatic carbocycles. The molecule has 0 saturated carbocycles. The van der Waals surface area contributed by atoms with Crippen LogP contribution in [0.4, 0.5) is 4.39 Å². The van der Waals surface area contributed by atoms with Gasteiger partial charge in [-0.15, -0.1) is 0 Å². The van der Waals surface area contributed by atoms with Crippen molar-refractivity contribution in [3.8, 4) is 0 Å². The van der Waals surface area contributed by atoms with Crippen LogP contribution < -0.4 is 0 Å². The summed E-state index contributed by atoms with van der Waals surface area (Å²) in [4.78, 5) is 11.4. The molecule has 2 nitrogen and oxygen atoms in total. The van der Waals surface area contributed by atoms with Crippen LogP contribution in [0, 0.1) is 5.82 Å². The summed E-state index contributed by atoms with van der Waals surface area (Å²) in [6.45, 7) is 0. The first-order valence-corrected chi connectivity index (χ1v) is 6.97. The third-order valence-electron chi connectivity index (χ3n) is 3.83. The Balaban J connectivity index is 2.17. The van der Waals surface area contributed by atoms with Crippen LogP contribution in [0.5, 0.6) is 0 Å². The molecule has 0 spiro atoms. The van der Waals surface area contributed by atoms with Gasteiger partial charge in [0, 0.05) is 5.56 Å². The van der Waals surface area contributed by atoms with Crippen molar-refractivity contribution in [1.82, 2.24) is 0 Å². The molecule has 0 radical (unpaired) electrons. The lowest BCUT2D eigenvalue weighted by Gasteiger charge is -2.21. The first-order valence-electron chi connectivity index (χ1n) is 6.97. The molecule has 1 aliphatic rings. The van der Waals surface area contributed by atoms with E-state index in [0.29, 0.717) is 11.1 Å². The second-order valence-electron chi connectivity index (χ2n) is 5.19. The molecule has 0 atom stereocenters. The Morgan fingerprint density at radius 1 is 1.10 bits per heavy atom. The number of hydrogen-bond acceptors (Lipinski definition) is 1. The van der Waals surface area contributed by atoms with Crippen LogP contribution in [0.25, 0.3) is 11.6 Å². The monoisotopic (exact) mass is 282 g/mol. The minimum absolute atomic E-state index is 0.287. The van der Waals surface area contributed by atoms with E-state index in [1.165, 1.54) is 6.07 Å². The van der Waals surface area contributed by atoms with E-state index in [1.54, 1.807) is 36.4 Å². The molecule has 2 aromatic rings. The summed E-state index contributed by atoms with van der Waals surface area (Å²) in [7, 11) is 0. The minimum Gasteiger partial charge on any atom is -0.478 e. The summed E-state index contributed by atoms with van der Waals surface area (Å²) in [5.41, 5.74) is 3.50. The Hall–Kier alpha value is -2.42. The normalized spacial score (nSPS) is 15.8. The SMILES string of the molecule is O=C(O)c1cccc2c1/C(=C/c1ccccc1F)CCC2. The van der Waals surface area contributed by atoms with E-state index in [0.717, 1.165) is 36.0 Å². The highest BCUT2D eigenvalue weighted by atomic mass is 19.1. The number of carboxylic acid groups (broad SMARTS) is 1. The number of rotatable bonds is 2.